The van der Waals surface area contributed by atoms with Gasteiger partial charge >= 0.3 is 5.97 Å². The van der Waals surface area contributed by atoms with E-state index in [0.29, 0.717) is 13.1 Å². The van der Waals surface area contributed by atoms with E-state index >= 15 is 0 Å². The Kier molecular flexibility index (Phi) is 0.928. The van der Waals surface area contributed by atoms with Crippen molar-refractivity contribution in [1.82, 2.24) is 5.32 Å². The molecule has 2 rings (SSSR count). The third-order valence-corrected chi connectivity index (χ3v) is 2.64. The molecule has 1 saturated carbocycles. The lowest BCUT2D eigenvalue weighted by molar-refractivity contribution is -0.144. The molecular formula is C6H9NO3. The highest BCUT2D eigenvalue weighted by atomic mass is 16.4. The summed E-state index contributed by atoms with van der Waals surface area (Å²) in [5.41, 5.74) is -0.819. The first-order chi connectivity index (χ1) is 4.69. The van der Waals surface area contributed by atoms with Crippen molar-refractivity contribution >= 4 is 5.97 Å². The lowest BCUT2D eigenvalue weighted by Crippen LogP contribution is -2.28. The molecule has 0 aromatic heterocycles. The summed E-state index contributed by atoms with van der Waals surface area (Å²) in [6.07, 6.45) is -0.605. The minimum absolute atomic E-state index is 0.0370. The molecule has 3 unspecified atom stereocenters. The van der Waals surface area contributed by atoms with Crippen molar-refractivity contribution in [1.29, 1.82) is 0 Å². The van der Waals surface area contributed by atoms with E-state index < -0.39 is 17.5 Å². The minimum Gasteiger partial charge on any atom is -0.481 e. The van der Waals surface area contributed by atoms with E-state index in [1.165, 1.54) is 0 Å². The maximum atomic E-state index is 10.6. The van der Waals surface area contributed by atoms with Gasteiger partial charge in [-0.15, -0.1) is 0 Å². The zero-order valence-electron chi connectivity index (χ0n) is 5.37. The topological polar surface area (TPSA) is 69.6 Å². The molecule has 1 saturated heterocycles. The van der Waals surface area contributed by atoms with E-state index in [1.54, 1.807) is 0 Å². The monoisotopic (exact) mass is 143 g/mol. The maximum Gasteiger partial charge on any atom is 0.314 e. The van der Waals surface area contributed by atoms with Crippen LogP contribution in [0, 0.1) is 11.3 Å². The summed E-state index contributed by atoms with van der Waals surface area (Å²) in [5, 5.41) is 20.8. The van der Waals surface area contributed by atoms with Crippen LogP contribution in [-0.4, -0.2) is 35.4 Å². The lowest BCUT2D eigenvalue weighted by atomic mass is 10.1. The molecule has 0 aromatic carbocycles. The van der Waals surface area contributed by atoms with Crippen molar-refractivity contribution in [3.63, 3.8) is 0 Å². The molecule has 2 aliphatic rings. The average molecular weight is 143 g/mol. The van der Waals surface area contributed by atoms with Gasteiger partial charge in [-0.2, -0.15) is 0 Å². The number of carbonyl (C=O) groups is 1. The Balaban J connectivity index is 2.24. The van der Waals surface area contributed by atoms with Gasteiger partial charge < -0.3 is 15.5 Å². The molecule has 4 heteroatoms. The number of piperidine rings is 1. The van der Waals surface area contributed by atoms with Gasteiger partial charge in [0.15, 0.2) is 0 Å². The van der Waals surface area contributed by atoms with Gasteiger partial charge in [-0.25, -0.2) is 0 Å². The number of carboxylic acids is 1. The van der Waals surface area contributed by atoms with Gasteiger partial charge in [-0.05, 0) is 0 Å². The molecule has 0 spiro atoms. The Bertz CT molecular complexity index is 193. The van der Waals surface area contributed by atoms with Gasteiger partial charge in [0, 0.05) is 19.0 Å². The van der Waals surface area contributed by atoms with Gasteiger partial charge in [0.1, 0.15) is 5.41 Å². The van der Waals surface area contributed by atoms with Crippen LogP contribution in [0.2, 0.25) is 0 Å². The van der Waals surface area contributed by atoms with Gasteiger partial charge in [0.05, 0.1) is 6.10 Å². The van der Waals surface area contributed by atoms with Gasteiger partial charge in [0.25, 0.3) is 0 Å². The average Bonchev–Trinajstić information content (AvgIpc) is 2.36. The molecule has 3 atom stereocenters. The molecule has 1 aliphatic heterocycles. The largest absolute Gasteiger partial charge is 0.481 e. The summed E-state index contributed by atoms with van der Waals surface area (Å²) in [4.78, 5) is 10.6. The molecular weight excluding hydrogens is 134 g/mol. The third kappa shape index (κ3) is 0.433. The van der Waals surface area contributed by atoms with Crippen LogP contribution in [-0.2, 0) is 4.79 Å². The van der Waals surface area contributed by atoms with Crippen molar-refractivity contribution in [3.8, 4) is 0 Å². The summed E-state index contributed by atoms with van der Waals surface area (Å²) in [6, 6.07) is 0. The number of hydrogen-bond donors (Lipinski definition) is 3. The fraction of sp³-hybridized carbons (Fsp3) is 0.833. The van der Waals surface area contributed by atoms with Crippen LogP contribution < -0.4 is 5.32 Å². The molecule has 0 radical (unpaired) electrons. The first-order valence-electron chi connectivity index (χ1n) is 3.32. The van der Waals surface area contributed by atoms with Crippen LogP contribution in [0.15, 0.2) is 0 Å². The Hall–Kier alpha value is -0.610. The van der Waals surface area contributed by atoms with E-state index in [1.807, 2.05) is 0 Å². The second kappa shape index (κ2) is 1.52. The molecule has 0 bridgehead atoms. The number of aliphatic hydroxyl groups excluding tert-OH is 1. The zero-order chi connectivity index (χ0) is 7.35. The first-order valence-corrected chi connectivity index (χ1v) is 3.32. The van der Waals surface area contributed by atoms with Crippen molar-refractivity contribution < 1.29 is 15.0 Å². The summed E-state index contributed by atoms with van der Waals surface area (Å²) < 4.78 is 0. The van der Waals surface area contributed by atoms with E-state index in [0.717, 1.165) is 0 Å². The molecule has 3 N–H and O–H groups in total. The van der Waals surface area contributed by atoms with E-state index in [-0.39, 0.29) is 5.92 Å². The first kappa shape index (κ1) is 6.12. The number of aliphatic hydroxyl groups is 1. The highest BCUT2D eigenvalue weighted by Gasteiger charge is 2.72. The predicted molar refractivity (Wildman–Crippen MR) is 32.4 cm³/mol. The predicted octanol–water partition coefficient (Wildman–Crippen LogP) is -1.35. The molecule has 1 heterocycles. The van der Waals surface area contributed by atoms with Crippen LogP contribution in [0.25, 0.3) is 0 Å². The molecule has 2 fully saturated rings. The van der Waals surface area contributed by atoms with Crippen LogP contribution in [0.4, 0.5) is 0 Å². The number of aliphatic carboxylic acids is 1. The third-order valence-electron chi connectivity index (χ3n) is 2.64. The number of rotatable bonds is 1. The van der Waals surface area contributed by atoms with Crippen molar-refractivity contribution in [3.05, 3.63) is 0 Å². The Morgan fingerprint density at radius 3 is 2.70 bits per heavy atom. The summed E-state index contributed by atoms with van der Waals surface area (Å²) in [5.74, 6) is -0.903. The Morgan fingerprint density at radius 2 is 2.40 bits per heavy atom. The van der Waals surface area contributed by atoms with Crippen molar-refractivity contribution in [2.45, 2.75) is 6.10 Å². The molecule has 4 nitrogen and oxygen atoms in total. The zero-order valence-corrected chi connectivity index (χ0v) is 5.37. The number of carboxylic acid groups (broad SMARTS) is 1. The SMILES string of the molecule is O=C(O)C12CNCC1C2O. The highest BCUT2D eigenvalue weighted by molar-refractivity contribution is 5.81. The molecule has 1 aliphatic carbocycles. The normalized spacial score (nSPS) is 50.5. The molecule has 0 amide bonds. The van der Waals surface area contributed by atoms with Gasteiger partial charge in [0.2, 0.25) is 0 Å². The molecule has 0 aromatic rings. The number of hydrogen-bond acceptors (Lipinski definition) is 3. The molecule has 56 valence electrons. The Morgan fingerprint density at radius 1 is 1.70 bits per heavy atom. The van der Waals surface area contributed by atoms with Crippen LogP contribution in [0.1, 0.15) is 0 Å². The summed E-state index contributed by atoms with van der Waals surface area (Å²) in [6.45, 7) is 1.07. The minimum atomic E-state index is -0.866. The van der Waals surface area contributed by atoms with E-state index in [9.17, 15) is 4.79 Å². The van der Waals surface area contributed by atoms with E-state index in [4.69, 9.17) is 10.2 Å². The van der Waals surface area contributed by atoms with Crippen molar-refractivity contribution in [2.24, 2.45) is 11.3 Å². The maximum absolute atomic E-state index is 10.6. The Labute approximate surface area is 57.9 Å². The summed E-state index contributed by atoms with van der Waals surface area (Å²) in [7, 11) is 0. The van der Waals surface area contributed by atoms with E-state index in [2.05, 4.69) is 5.32 Å². The second-order valence-electron chi connectivity index (χ2n) is 3.03. The van der Waals surface area contributed by atoms with Crippen LogP contribution >= 0.6 is 0 Å². The smallest absolute Gasteiger partial charge is 0.314 e. The van der Waals surface area contributed by atoms with Crippen molar-refractivity contribution in [2.75, 3.05) is 13.1 Å². The summed E-state index contributed by atoms with van der Waals surface area (Å²) >= 11 is 0. The van der Waals surface area contributed by atoms with Crippen LogP contribution in [0.5, 0.6) is 0 Å². The number of nitrogens with one attached hydrogen (secondary N) is 1. The van der Waals surface area contributed by atoms with Crippen LogP contribution in [0.3, 0.4) is 0 Å². The quantitative estimate of drug-likeness (QED) is 0.424. The van der Waals surface area contributed by atoms with Gasteiger partial charge in [-0.1, -0.05) is 0 Å². The fourth-order valence-corrected chi connectivity index (χ4v) is 1.82. The molecule has 10 heavy (non-hydrogen) atoms. The standard InChI is InChI=1S/C6H9NO3/c8-4-3-1-7-2-6(3,4)5(9)10/h3-4,7-8H,1-2H2,(H,9,10). The highest BCUT2D eigenvalue weighted by Crippen LogP contribution is 2.54. The lowest BCUT2D eigenvalue weighted by Gasteiger charge is -2.04. The fourth-order valence-electron chi connectivity index (χ4n) is 1.82. The second-order valence-corrected chi connectivity index (χ2v) is 3.03. The van der Waals surface area contributed by atoms with Gasteiger partial charge in [-0.3, -0.25) is 4.79 Å². The number of fused-ring (bicyclic) bond motifs is 1.